The first-order valence-electron chi connectivity index (χ1n) is 6.10. The summed E-state index contributed by atoms with van der Waals surface area (Å²) in [6, 6.07) is -0.0453. The summed E-state index contributed by atoms with van der Waals surface area (Å²) in [6.45, 7) is 7.78. The Morgan fingerprint density at radius 3 is 2.47 bits per heavy atom. The molecule has 2 atom stereocenters. The highest BCUT2D eigenvalue weighted by Crippen LogP contribution is 2.30. The molecule has 1 fully saturated rings. The zero-order chi connectivity index (χ0) is 11.4. The highest BCUT2D eigenvalue weighted by atomic mass is 16.2. The van der Waals surface area contributed by atoms with Gasteiger partial charge in [0.15, 0.2) is 0 Å². The largest absolute Gasteiger partial charge is 0.342 e. The quantitative estimate of drug-likeness (QED) is 0.727. The molecule has 0 aromatic heterocycles. The topological polar surface area (TPSA) is 46.3 Å². The van der Waals surface area contributed by atoms with E-state index in [-0.39, 0.29) is 17.9 Å². The van der Waals surface area contributed by atoms with Crippen molar-refractivity contribution in [1.29, 1.82) is 0 Å². The second-order valence-electron chi connectivity index (χ2n) is 4.88. The minimum Gasteiger partial charge on any atom is -0.342 e. The van der Waals surface area contributed by atoms with E-state index < -0.39 is 0 Å². The van der Waals surface area contributed by atoms with Crippen molar-refractivity contribution in [2.75, 3.05) is 13.1 Å². The van der Waals surface area contributed by atoms with Crippen molar-refractivity contribution in [2.45, 2.75) is 46.1 Å². The van der Waals surface area contributed by atoms with Gasteiger partial charge in [-0.15, -0.1) is 0 Å². The fourth-order valence-corrected chi connectivity index (χ4v) is 1.69. The van der Waals surface area contributed by atoms with Crippen molar-refractivity contribution < 1.29 is 4.79 Å². The second-order valence-corrected chi connectivity index (χ2v) is 4.88. The van der Waals surface area contributed by atoms with Crippen molar-refractivity contribution in [3.8, 4) is 0 Å². The SMILES string of the molecule is CCCN(CC1CC1)C(=O)C(C)C(C)N. The van der Waals surface area contributed by atoms with Crippen LogP contribution in [-0.2, 0) is 4.79 Å². The monoisotopic (exact) mass is 212 g/mol. The lowest BCUT2D eigenvalue weighted by Gasteiger charge is -2.27. The number of carbonyl (C=O) groups excluding carboxylic acids is 1. The zero-order valence-electron chi connectivity index (χ0n) is 10.2. The molecule has 1 saturated carbocycles. The van der Waals surface area contributed by atoms with E-state index in [2.05, 4.69) is 6.92 Å². The molecule has 0 aliphatic heterocycles. The lowest BCUT2D eigenvalue weighted by atomic mass is 10.0. The Morgan fingerprint density at radius 1 is 1.47 bits per heavy atom. The van der Waals surface area contributed by atoms with Crippen LogP contribution in [0.1, 0.15) is 40.0 Å². The van der Waals surface area contributed by atoms with E-state index in [9.17, 15) is 4.79 Å². The third-order valence-electron chi connectivity index (χ3n) is 3.16. The number of rotatable bonds is 6. The molecule has 3 nitrogen and oxygen atoms in total. The lowest BCUT2D eigenvalue weighted by molar-refractivity contribution is -0.135. The molecule has 1 aliphatic rings. The highest BCUT2D eigenvalue weighted by Gasteiger charge is 2.29. The van der Waals surface area contributed by atoms with Gasteiger partial charge in [-0.1, -0.05) is 13.8 Å². The highest BCUT2D eigenvalue weighted by molar-refractivity contribution is 5.79. The third-order valence-corrected chi connectivity index (χ3v) is 3.16. The Morgan fingerprint density at radius 2 is 2.07 bits per heavy atom. The summed E-state index contributed by atoms with van der Waals surface area (Å²) < 4.78 is 0. The number of carbonyl (C=O) groups is 1. The Bertz CT molecular complexity index is 212. The van der Waals surface area contributed by atoms with Gasteiger partial charge >= 0.3 is 0 Å². The summed E-state index contributed by atoms with van der Waals surface area (Å²) in [5, 5.41) is 0. The maximum atomic E-state index is 12.1. The number of nitrogens with zero attached hydrogens (tertiary/aromatic N) is 1. The van der Waals surface area contributed by atoms with Crippen LogP contribution in [0.15, 0.2) is 0 Å². The Kier molecular flexibility index (Phi) is 4.58. The van der Waals surface area contributed by atoms with E-state index in [0.717, 1.165) is 25.4 Å². The van der Waals surface area contributed by atoms with Gasteiger partial charge in [-0.2, -0.15) is 0 Å². The van der Waals surface area contributed by atoms with E-state index in [1.807, 2.05) is 18.7 Å². The fourth-order valence-electron chi connectivity index (χ4n) is 1.69. The average Bonchev–Trinajstić information content (AvgIpc) is 2.98. The van der Waals surface area contributed by atoms with Gasteiger partial charge in [-0.05, 0) is 32.1 Å². The zero-order valence-corrected chi connectivity index (χ0v) is 10.2. The van der Waals surface area contributed by atoms with Gasteiger partial charge in [-0.25, -0.2) is 0 Å². The molecule has 88 valence electrons. The molecule has 0 saturated heterocycles. The molecule has 1 aliphatic carbocycles. The fraction of sp³-hybridized carbons (Fsp3) is 0.917. The lowest BCUT2D eigenvalue weighted by Crippen LogP contribution is -2.42. The predicted octanol–water partition coefficient (Wildman–Crippen LogP) is 1.62. The first-order chi connectivity index (χ1) is 7.06. The maximum Gasteiger partial charge on any atom is 0.226 e. The van der Waals surface area contributed by atoms with Gasteiger partial charge in [0.05, 0.1) is 5.92 Å². The van der Waals surface area contributed by atoms with E-state index in [1.165, 1.54) is 12.8 Å². The van der Waals surface area contributed by atoms with Crippen molar-refractivity contribution in [1.82, 2.24) is 4.90 Å². The van der Waals surface area contributed by atoms with Gasteiger partial charge in [0, 0.05) is 19.1 Å². The first-order valence-corrected chi connectivity index (χ1v) is 6.10. The minimum absolute atomic E-state index is 0.0453. The van der Waals surface area contributed by atoms with Crippen LogP contribution in [0.2, 0.25) is 0 Å². The second kappa shape index (κ2) is 5.50. The Hall–Kier alpha value is -0.570. The molecule has 1 rings (SSSR count). The number of nitrogens with two attached hydrogens (primary N) is 1. The van der Waals surface area contributed by atoms with Crippen LogP contribution < -0.4 is 5.73 Å². The normalized spacial score (nSPS) is 19.7. The van der Waals surface area contributed by atoms with Crippen LogP contribution >= 0.6 is 0 Å². The maximum absolute atomic E-state index is 12.1. The minimum atomic E-state index is -0.0460. The van der Waals surface area contributed by atoms with Crippen molar-refractivity contribution in [3.63, 3.8) is 0 Å². The van der Waals surface area contributed by atoms with Crippen LogP contribution in [0.5, 0.6) is 0 Å². The van der Waals surface area contributed by atoms with E-state index >= 15 is 0 Å². The van der Waals surface area contributed by atoms with Crippen molar-refractivity contribution >= 4 is 5.91 Å². The van der Waals surface area contributed by atoms with Crippen LogP contribution in [-0.4, -0.2) is 29.9 Å². The van der Waals surface area contributed by atoms with Gasteiger partial charge in [0.1, 0.15) is 0 Å². The average molecular weight is 212 g/mol. The number of hydrogen-bond donors (Lipinski definition) is 1. The molecule has 15 heavy (non-hydrogen) atoms. The molecule has 0 heterocycles. The first kappa shape index (κ1) is 12.5. The molecule has 0 aromatic carbocycles. The predicted molar refractivity (Wildman–Crippen MR) is 62.4 cm³/mol. The van der Waals surface area contributed by atoms with Crippen molar-refractivity contribution in [3.05, 3.63) is 0 Å². The molecule has 0 radical (unpaired) electrons. The van der Waals surface area contributed by atoms with Gasteiger partial charge in [-0.3, -0.25) is 4.79 Å². The van der Waals surface area contributed by atoms with E-state index in [1.54, 1.807) is 0 Å². The molecule has 2 unspecified atom stereocenters. The summed E-state index contributed by atoms with van der Waals surface area (Å²) in [5.41, 5.74) is 5.77. The molecule has 1 amide bonds. The molecular weight excluding hydrogens is 188 g/mol. The van der Waals surface area contributed by atoms with Crippen LogP contribution in [0.25, 0.3) is 0 Å². The van der Waals surface area contributed by atoms with Crippen LogP contribution in [0.4, 0.5) is 0 Å². The molecular formula is C12H24N2O. The number of hydrogen-bond acceptors (Lipinski definition) is 2. The van der Waals surface area contributed by atoms with Gasteiger partial charge < -0.3 is 10.6 Å². The summed E-state index contributed by atoms with van der Waals surface area (Å²) in [5.74, 6) is 0.954. The molecule has 0 bridgehead atoms. The molecule has 0 spiro atoms. The molecule has 2 N–H and O–H groups in total. The summed E-state index contributed by atoms with van der Waals surface area (Å²) >= 11 is 0. The van der Waals surface area contributed by atoms with Gasteiger partial charge in [0.25, 0.3) is 0 Å². The smallest absolute Gasteiger partial charge is 0.226 e. The number of amides is 1. The molecule has 3 heteroatoms. The van der Waals surface area contributed by atoms with Crippen LogP contribution in [0, 0.1) is 11.8 Å². The Balaban J connectivity index is 2.48. The Labute approximate surface area is 93.0 Å². The van der Waals surface area contributed by atoms with Crippen molar-refractivity contribution in [2.24, 2.45) is 17.6 Å². The van der Waals surface area contributed by atoms with Crippen LogP contribution in [0.3, 0.4) is 0 Å². The van der Waals surface area contributed by atoms with E-state index in [0.29, 0.717) is 0 Å². The summed E-state index contributed by atoms with van der Waals surface area (Å²) in [6.07, 6.45) is 3.62. The standard InChI is InChI=1S/C12H24N2O/c1-4-7-14(8-11-5-6-11)12(15)9(2)10(3)13/h9-11H,4-8,13H2,1-3H3. The van der Waals surface area contributed by atoms with Gasteiger partial charge in [0.2, 0.25) is 5.91 Å². The van der Waals surface area contributed by atoms with E-state index in [4.69, 9.17) is 5.73 Å². The molecule has 0 aromatic rings. The summed E-state index contributed by atoms with van der Waals surface area (Å²) in [7, 11) is 0. The third kappa shape index (κ3) is 3.82. The summed E-state index contributed by atoms with van der Waals surface area (Å²) in [4.78, 5) is 14.1.